The lowest BCUT2D eigenvalue weighted by Gasteiger charge is -2.08. The lowest BCUT2D eigenvalue weighted by atomic mass is 10.2. The second-order valence-electron chi connectivity index (χ2n) is 3.93. The molecule has 0 fully saturated rings. The average molecular weight is 356 g/mol. The molecule has 0 aromatic heterocycles. The Hall–Kier alpha value is -1.52. The minimum absolute atomic E-state index is 0.321. The van der Waals surface area contributed by atoms with Gasteiger partial charge in [-0.25, -0.2) is 4.79 Å². The summed E-state index contributed by atoms with van der Waals surface area (Å²) in [5.41, 5.74) is 0.412. The molecule has 0 aliphatic rings. The molecule has 0 radical (unpaired) electrons. The number of hydrogen-bond donors (Lipinski definition) is 0. The molecule has 0 spiro atoms. The van der Waals surface area contributed by atoms with Crippen LogP contribution < -0.4 is 9.47 Å². The summed E-state index contributed by atoms with van der Waals surface area (Å²) in [5.74, 6) is 0.473. The molecule has 0 saturated heterocycles. The smallest absolute Gasteiger partial charge is 0.343 e. The fourth-order valence-corrected chi connectivity index (χ4v) is 2.31. The molecule has 0 bridgehead atoms. The molecule has 2 rings (SSSR count). The van der Waals surface area contributed by atoms with Gasteiger partial charge in [0.05, 0.1) is 17.2 Å². The molecule has 0 atom stereocenters. The number of esters is 1. The molecule has 0 heterocycles. The van der Waals surface area contributed by atoms with E-state index in [1.807, 2.05) is 6.92 Å². The molecule has 0 saturated carbocycles. The van der Waals surface area contributed by atoms with E-state index >= 15 is 0 Å². The van der Waals surface area contributed by atoms with Crippen LogP contribution in [0.2, 0.25) is 5.02 Å². The van der Waals surface area contributed by atoms with E-state index in [2.05, 4.69) is 15.9 Å². The van der Waals surface area contributed by atoms with Crippen LogP contribution in [0.1, 0.15) is 17.3 Å². The summed E-state index contributed by atoms with van der Waals surface area (Å²) in [4.78, 5) is 12.1. The van der Waals surface area contributed by atoms with Gasteiger partial charge in [-0.15, -0.1) is 0 Å². The summed E-state index contributed by atoms with van der Waals surface area (Å²) < 4.78 is 11.4. The second kappa shape index (κ2) is 6.77. The number of rotatable bonds is 4. The van der Waals surface area contributed by atoms with Crippen LogP contribution in [0.4, 0.5) is 0 Å². The number of halogens is 2. The molecule has 0 N–H and O–H groups in total. The van der Waals surface area contributed by atoms with Crippen molar-refractivity contribution in [3.05, 3.63) is 57.5 Å². The lowest BCUT2D eigenvalue weighted by molar-refractivity contribution is 0.0734. The lowest BCUT2D eigenvalue weighted by Crippen LogP contribution is -2.09. The summed E-state index contributed by atoms with van der Waals surface area (Å²) in [5, 5.41) is 0.369. The molecule has 20 heavy (non-hydrogen) atoms. The Morgan fingerprint density at radius 3 is 2.75 bits per heavy atom. The number of hydrogen-bond acceptors (Lipinski definition) is 3. The highest BCUT2D eigenvalue weighted by atomic mass is 79.9. The highest BCUT2D eigenvalue weighted by Gasteiger charge is 2.12. The molecule has 2 aromatic carbocycles. The summed E-state index contributed by atoms with van der Waals surface area (Å²) >= 11 is 9.30. The van der Waals surface area contributed by atoms with Crippen LogP contribution in [-0.2, 0) is 0 Å². The monoisotopic (exact) mass is 354 g/mol. The van der Waals surface area contributed by atoms with Crippen LogP contribution in [0.5, 0.6) is 11.5 Å². The Labute approximate surface area is 130 Å². The first-order valence-electron chi connectivity index (χ1n) is 6.00. The third kappa shape index (κ3) is 3.74. The number of carbonyl (C=O) groups excluding carboxylic acids is 1. The third-order valence-corrected chi connectivity index (χ3v) is 3.27. The molecule has 0 aliphatic heterocycles. The molecule has 2 aromatic rings. The molecule has 3 nitrogen and oxygen atoms in total. The Kier molecular flexibility index (Phi) is 5.04. The zero-order chi connectivity index (χ0) is 14.5. The van der Waals surface area contributed by atoms with Crippen LogP contribution in [0, 0.1) is 0 Å². The van der Waals surface area contributed by atoms with Gasteiger partial charge in [0.2, 0.25) is 0 Å². The van der Waals surface area contributed by atoms with Gasteiger partial charge < -0.3 is 9.47 Å². The van der Waals surface area contributed by atoms with E-state index in [-0.39, 0.29) is 0 Å². The van der Waals surface area contributed by atoms with Crippen molar-refractivity contribution in [3.8, 4) is 11.5 Å². The molecule has 0 amide bonds. The van der Waals surface area contributed by atoms with Crippen LogP contribution >= 0.6 is 27.5 Å². The van der Waals surface area contributed by atoms with Gasteiger partial charge in [-0.3, -0.25) is 0 Å². The first-order valence-corrected chi connectivity index (χ1v) is 7.17. The Morgan fingerprint density at radius 2 is 2.05 bits per heavy atom. The van der Waals surface area contributed by atoms with Crippen molar-refractivity contribution in [2.45, 2.75) is 6.92 Å². The van der Waals surface area contributed by atoms with Gasteiger partial charge in [-0.2, -0.15) is 0 Å². The maximum absolute atomic E-state index is 12.1. The maximum atomic E-state index is 12.1. The van der Waals surface area contributed by atoms with Crippen molar-refractivity contribution < 1.29 is 14.3 Å². The predicted molar refractivity (Wildman–Crippen MR) is 81.7 cm³/mol. The molecule has 5 heteroatoms. The van der Waals surface area contributed by atoms with Crippen LogP contribution in [0.3, 0.4) is 0 Å². The fourth-order valence-electron chi connectivity index (χ4n) is 1.60. The zero-order valence-electron chi connectivity index (χ0n) is 10.7. The number of benzene rings is 2. The van der Waals surface area contributed by atoms with E-state index in [0.717, 1.165) is 4.47 Å². The van der Waals surface area contributed by atoms with Gasteiger partial charge in [0.1, 0.15) is 11.5 Å². The highest BCUT2D eigenvalue weighted by molar-refractivity contribution is 9.10. The van der Waals surface area contributed by atoms with Crippen molar-refractivity contribution >= 4 is 33.5 Å². The Morgan fingerprint density at radius 1 is 1.25 bits per heavy atom. The van der Waals surface area contributed by atoms with Gasteiger partial charge in [0.15, 0.2) is 0 Å². The largest absolute Gasteiger partial charge is 0.494 e. The van der Waals surface area contributed by atoms with Gasteiger partial charge in [-0.05, 0) is 43.3 Å². The molecule has 0 aliphatic carbocycles. The first-order chi connectivity index (χ1) is 9.60. The van der Waals surface area contributed by atoms with Crippen molar-refractivity contribution in [2.75, 3.05) is 6.61 Å². The van der Waals surface area contributed by atoms with Crippen molar-refractivity contribution in [3.63, 3.8) is 0 Å². The van der Waals surface area contributed by atoms with E-state index in [0.29, 0.717) is 28.7 Å². The zero-order valence-corrected chi connectivity index (χ0v) is 13.1. The third-order valence-electron chi connectivity index (χ3n) is 2.48. The van der Waals surface area contributed by atoms with Crippen molar-refractivity contribution in [1.29, 1.82) is 0 Å². The van der Waals surface area contributed by atoms with Gasteiger partial charge >= 0.3 is 5.97 Å². The van der Waals surface area contributed by atoms with Gasteiger partial charge in [-0.1, -0.05) is 33.6 Å². The van der Waals surface area contributed by atoms with E-state index in [1.165, 1.54) is 0 Å². The first kappa shape index (κ1) is 14.9. The van der Waals surface area contributed by atoms with E-state index in [1.54, 1.807) is 42.5 Å². The quantitative estimate of drug-likeness (QED) is 0.588. The second-order valence-corrected chi connectivity index (χ2v) is 5.25. The molecule has 104 valence electrons. The Balaban J connectivity index is 2.17. The van der Waals surface area contributed by atoms with E-state index < -0.39 is 5.97 Å². The number of carbonyl (C=O) groups is 1. The minimum Gasteiger partial charge on any atom is -0.494 e. The Bertz CT molecular complexity index is 628. The van der Waals surface area contributed by atoms with Crippen molar-refractivity contribution in [1.82, 2.24) is 0 Å². The fraction of sp³-hybridized carbons (Fsp3) is 0.133. The predicted octanol–water partition coefficient (Wildman–Crippen LogP) is 4.72. The van der Waals surface area contributed by atoms with Gasteiger partial charge in [0.25, 0.3) is 0 Å². The minimum atomic E-state index is -0.476. The summed E-state index contributed by atoms with van der Waals surface area (Å²) in [6.07, 6.45) is 0. The molecular formula is C15H12BrClO3. The average Bonchev–Trinajstić information content (AvgIpc) is 2.42. The highest BCUT2D eigenvalue weighted by Crippen LogP contribution is 2.28. The summed E-state index contributed by atoms with van der Waals surface area (Å²) in [6, 6.07) is 11.9. The van der Waals surface area contributed by atoms with Crippen LogP contribution in [-0.4, -0.2) is 12.6 Å². The summed E-state index contributed by atoms with van der Waals surface area (Å²) in [7, 11) is 0. The van der Waals surface area contributed by atoms with Crippen LogP contribution in [0.25, 0.3) is 0 Å². The normalized spacial score (nSPS) is 10.2. The van der Waals surface area contributed by atoms with E-state index in [4.69, 9.17) is 21.1 Å². The maximum Gasteiger partial charge on any atom is 0.343 e. The summed E-state index contributed by atoms with van der Waals surface area (Å²) in [6.45, 7) is 2.42. The van der Waals surface area contributed by atoms with Gasteiger partial charge in [0, 0.05) is 4.47 Å². The van der Waals surface area contributed by atoms with Crippen LogP contribution in [0.15, 0.2) is 46.9 Å². The number of ether oxygens (including phenoxy) is 2. The van der Waals surface area contributed by atoms with Crippen molar-refractivity contribution in [2.24, 2.45) is 0 Å². The molecule has 0 unspecified atom stereocenters. The molecular weight excluding hydrogens is 344 g/mol. The standard InChI is InChI=1S/C15H12BrClO3/c1-2-19-12-5-3-4-10(8-12)15(18)20-14-7-6-11(16)9-13(14)17/h3-9H,2H2,1H3. The topological polar surface area (TPSA) is 35.5 Å². The van der Waals surface area contributed by atoms with E-state index in [9.17, 15) is 4.79 Å². The SMILES string of the molecule is CCOc1cccc(C(=O)Oc2ccc(Br)cc2Cl)c1.